The summed E-state index contributed by atoms with van der Waals surface area (Å²) in [6.45, 7) is 6.52. The fourth-order valence-corrected chi connectivity index (χ4v) is 8.78. The lowest BCUT2D eigenvalue weighted by molar-refractivity contribution is -0.167. The van der Waals surface area contributed by atoms with Crippen molar-refractivity contribution in [2.24, 2.45) is 0 Å². The number of rotatable bonds is 56. The number of carbonyl (C=O) groups is 3. The number of ether oxygens (including phenoxy) is 3. The normalized spacial score (nSPS) is 12.5. The zero-order chi connectivity index (χ0) is 52.2. The average Bonchev–Trinajstić information content (AvgIpc) is 3.38. The van der Waals surface area contributed by atoms with Gasteiger partial charge in [-0.3, -0.25) is 14.4 Å². The molecule has 0 bridgehead atoms. The molecule has 0 aromatic heterocycles. The highest BCUT2D eigenvalue weighted by Crippen LogP contribution is 2.16. The van der Waals surface area contributed by atoms with E-state index in [9.17, 15) is 14.4 Å². The zero-order valence-corrected chi connectivity index (χ0v) is 47.7. The van der Waals surface area contributed by atoms with Crippen LogP contribution in [0.2, 0.25) is 0 Å². The van der Waals surface area contributed by atoms with Gasteiger partial charge in [-0.15, -0.1) is 0 Å². The van der Waals surface area contributed by atoms with Gasteiger partial charge in [0, 0.05) is 19.3 Å². The highest BCUT2D eigenvalue weighted by Gasteiger charge is 2.19. The van der Waals surface area contributed by atoms with E-state index in [1.54, 1.807) is 0 Å². The average molecular weight is 1010 g/mol. The van der Waals surface area contributed by atoms with Crippen LogP contribution in [0.1, 0.15) is 310 Å². The summed E-state index contributed by atoms with van der Waals surface area (Å²) in [7, 11) is 0. The molecule has 72 heavy (non-hydrogen) atoms. The molecule has 0 rings (SSSR count). The molecular formula is C66H116O6. The molecule has 1 unspecified atom stereocenters. The van der Waals surface area contributed by atoms with Gasteiger partial charge >= 0.3 is 17.9 Å². The molecule has 0 N–H and O–H groups in total. The predicted octanol–water partition coefficient (Wildman–Crippen LogP) is 20.9. The Hall–Kier alpha value is -3.15. The first-order valence-corrected chi connectivity index (χ1v) is 30.9. The van der Waals surface area contributed by atoms with E-state index < -0.39 is 6.10 Å². The minimum Gasteiger partial charge on any atom is -0.462 e. The van der Waals surface area contributed by atoms with Crippen LogP contribution in [0.15, 0.2) is 72.9 Å². The SMILES string of the molecule is CC/C=C\C/C=C\C/C=C\CCCCCCCCCCCC(=O)OCC(COC(=O)CCCCCCCCC/C=C\C/C=C\CCCCC)OC(=O)CCCCCCC/C=C\CCCCCCCCCCC. The lowest BCUT2D eigenvalue weighted by Crippen LogP contribution is -2.30. The Bertz CT molecular complexity index is 1340. The molecule has 416 valence electrons. The summed E-state index contributed by atoms with van der Waals surface area (Å²) in [5.41, 5.74) is 0. The van der Waals surface area contributed by atoms with Gasteiger partial charge in [0.2, 0.25) is 0 Å². The zero-order valence-electron chi connectivity index (χ0n) is 47.7. The summed E-state index contributed by atoms with van der Waals surface area (Å²) in [4.78, 5) is 38.3. The van der Waals surface area contributed by atoms with E-state index in [0.29, 0.717) is 19.3 Å². The van der Waals surface area contributed by atoms with Crippen molar-refractivity contribution < 1.29 is 28.6 Å². The van der Waals surface area contributed by atoms with Crippen molar-refractivity contribution in [1.82, 2.24) is 0 Å². The molecule has 0 saturated carbocycles. The van der Waals surface area contributed by atoms with Gasteiger partial charge in [0.15, 0.2) is 6.10 Å². The molecular weight excluding hydrogens is 889 g/mol. The lowest BCUT2D eigenvalue weighted by atomic mass is 10.1. The van der Waals surface area contributed by atoms with Crippen LogP contribution in [0.5, 0.6) is 0 Å². The van der Waals surface area contributed by atoms with Crippen LogP contribution in [0.4, 0.5) is 0 Å². The van der Waals surface area contributed by atoms with Crippen LogP contribution in [-0.4, -0.2) is 37.2 Å². The second kappa shape index (κ2) is 60.4. The monoisotopic (exact) mass is 1000 g/mol. The van der Waals surface area contributed by atoms with Crippen molar-refractivity contribution in [3.8, 4) is 0 Å². The smallest absolute Gasteiger partial charge is 0.306 e. The fourth-order valence-electron chi connectivity index (χ4n) is 8.78. The van der Waals surface area contributed by atoms with Crippen LogP contribution in [0, 0.1) is 0 Å². The summed E-state index contributed by atoms with van der Waals surface area (Å²) in [5, 5.41) is 0. The number of esters is 3. The minimum atomic E-state index is -0.786. The van der Waals surface area contributed by atoms with Gasteiger partial charge in [-0.2, -0.15) is 0 Å². The van der Waals surface area contributed by atoms with Gasteiger partial charge in [-0.25, -0.2) is 0 Å². The van der Waals surface area contributed by atoms with Crippen molar-refractivity contribution in [3.05, 3.63) is 72.9 Å². The van der Waals surface area contributed by atoms with E-state index in [2.05, 4.69) is 93.7 Å². The minimum absolute atomic E-state index is 0.0831. The quantitative estimate of drug-likeness (QED) is 0.0261. The highest BCUT2D eigenvalue weighted by atomic mass is 16.6. The molecule has 0 saturated heterocycles. The second-order valence-electron chi connectivity index (χ2n) is 20.6. The van der Waals surface area contributed by atoms with Gasteiger partial charge in [0.05, 0.1) is 0 Å². The van der Waals surface area contributed by atoms with Gasteiger partial charge < -0.3 is 14.2 Å². The Morgan fingerprint density at radius 2 is 0.542 bits per heavy atom. The molecule has 0 radical (unpaired) electrons. The maximum Gasteiger partial charge on any atom is 0.306 e. The summed E-state index contributed by atoms with van der Waals surface area (Å²) < 4.78 is 16.9. The standard InChI is InChI=1S/C66H116O6/c1-4-7-10-13-16-19-22-25-28-31-33-36-38-41-44-47-50-53-56-59-65(68)71-62-63(61-70-64(67)58-55-52-49-46-43-40-37-34-30-27-24-21-18-15-12-9-6-3)72-66(69)60-57-54-51-48-45-42-39-35-32-29-26-23-20-17-14-11-8-5-2/h7,10,16,18-19,21,25,27-28,30,35,39,63H,4-6,8-9,11-15,17,20,22-24,26,29,31-34,36-38,40-62H2,1-3H3/b10-7-,19-16-,21-18-,28-25-,30-27-,39-35-. The van der Waals surface area contributed by atoms with E-state index in [0.717, 1.165) is 103 Å². The number of carbonyl (C=O) groups excluding carboxylic acids is 3. The first-order chi connectivity index (χ1) is 35.5. The Kier molecular flexibility index (Phi) is 57.8. The lowest BCUT2D eigenvalue weighted by Gasteiger charge is -2.18. The summed E-state index contributed by atoms with van der Waals surface area (Å²) in [6.07, 6.45) is 77.5. The Morgan fingerprint density at radius 1 is 0.292 bits per heavy atom. The maximum absolute atomic E-state index is 12.9. The van der Waals surface area contributed by atoms with Crippen LogP contribution < -0.4 is 0 Å². The van der Waals surface area contributed by atoms with Gasteiger partial charge in [-0.05, 0) is 109 Å². The first kappa shape index (κ1) is 68.8. The largest absolute Gasteiger partial charge is 0.462 e. The van der Waals surface area contributed by atoms with E-state index in [-0.39, 0.29) is 31.1 Å². The van der Waals surface area contributed by atoms with Crippen molar-refractivity contribution >= 4 is 17.9 Å². The van der Waals surface area contributed by atoms with Crippen LogP contribution in [0.25, 0.3) is 0 Å². The third kappa shape index (κ3) is 57.7. The fraction of sp³-hybridized carbons (Fsp3) is 0.773. The Balaban J connectivity index is 4.40. The van der Waals surface area contributed by atoms with Gasteiger partial charge in [0.25, 0.3) is 0 Å². The first-order valence-electron chi connectivity index (χ1n) is 30.9. The van der Waals surface area contributed by atoms with E-state index in [1.807, 2.05) is 0 Å². The molecule has 0 aromatic rings. The number of hydrogen-bond acceptors (Lipinski definition) is 6. The maximum atomic E-state index is 12.9. The Labute approximate surface area is 446 Å². The van der Waals surface area contributed by atoms with E-state index >= 15 is 0 Å². The molecule has 0 aromatic carbocycles. The van der Waals surface area contributed by atoms with Gasteiger partial charge in [-0.1, -0.05) is 254 Å². The molecule has 0 fully saturated rings. The van der Waals surface area contributed by atoms with Crippen molar-refractivity contribution in [2.45, 2.75) is 316 Å². The number of allylic oxidation sites excluding steroid dienone is 12. The topological polar surface area (TPSA) is 78.9 Å². The van der Waals surface area contributed by atoms with Crippen LogP contribution >= 0.6 is 0 Å². The van der Waals surface area contributed by atoms with Crippen LogP contribution in [-0.2, 0) is 28.6 Å². The molecule has 0 aliphatic carbocycles. The highest BCUT2D eigenvalue weighted by molar-refractivity contribution is 5.71. The van der Waals surface area contributed by atoms with E-state index in [1.165, 1.54) is 167 Å². The van der Waals surface area contributed by atoms with Crippen molar-refractivity contribution in [3.63, 3.8) is 0 Å². The Morgan fingerprint density at radius 3 is 0.889 bits per heavy atom. The number of unbranched alkanes of at least 4 members (excludes halogenated alkanes) is 33. The third-order valence-corrected chi connectivity index (χ3v) is 13.4. The third-order valence-electron chi connectivity index (χ3n) is 13.4. The molecule has 6 nitrogen and oxygen atoms in total. The molecule has 0 amide bonds. The van der Waals surface area contributed by atoms with Crippen molar-refractivity contribution in [1.29, 1.82) is 0 Å². The predicted molar refractivity (Wildman–Crippen MR) is 311 cm³/mol. The molecule has 0 aliphatic heterocycles. The van der Waals surface area contributed by atoms with Crippen LogP contribution in [0.3, 0.4) is 0 Å². The van der Waals surface area contributed by atoms with Crippen molar-refractivity contribution in [2.75, 3.05) is 13.2 Å². The summed E-state index contributed by atoms with van der Waals surface area (Å²) in [6, 6.07) is 0. The molecule has 0 heterocycles. The molecule has 0 spiro atoms. The summed E-state index contributed by atoms with van der Waals surface area (Å²) in [5.74, 6) is -0.891. The second-order valence-corrected chi connectivity index (χ2v) is 20.6. The summed E-state index contributed by atoms with van der Waals surface area (Å²) >= 11 is 0. The molecule has 0 aliphatic rings. The van der Waals surface area contributed by atoms with Gasteiger partial charge in [0.1, 0.15) is 13.2 Å². The number of hydrogen-bond donors (Lipinski definition) is 0. The van der Waals surface area contributed by atoms with E-state index in [4.69, 9.17) is 14.2 Å². The molecule has 1 atom stereocenters. The molecule has 6 heteroatoms.